The van der Waals surface area contributed by atoms with Crippen molar-refractivity contribution in [2.75, 3.05) is 18.5 Å². The van der Waals surface area contributed by atoms with Crippen molar-refractivity contribution in [3.05, 3.63) is 35.7 Å². The molecule has 114 valence electrons. The van der Waals surface area contributed by atoms with Crippen molar-refractivity contribution in [2.45, 2.75) is 33.7 Å². The van der Waals surface area contributed by atoms with Crippen molar-refractivity contribution in [1.82, 2.24) is 5.16 Å². The Morgan fingerprint density at radius 1 is 1.19 bits per heavy atom. The zero-order chi connectivity index (χ0) is 15.2. The molecule has 2 rings (SSSR count). The Hall–Kier alpha value is -2.17. The van der Waals surface area contributed by atoms with Crippen molar-refractivity contribution in [2.24, 2.45) is 0 Å². The summed E-state index contributed by atoms with van der Waals surface area (Å²) in [5.74, 6) is 2.41. The van der Waals surface area contributed by atoms with E-state index in [4.69, 9.17) is 14.0 Å². The monoisotopic (exact) mass is 290 g/mol. The van der Waals surface area contributed by atoms with E-state index in [-0.39, 0.29) is 6.04 Å². The zero-order valence-corrected chi connectivity index (χ0v) is 13.0. The summed E-state index contributed by atoms with van der Waals surface area (Å²) >= 11 is 0. The Balaban J connectivity index is 2.21. The highest BCUT2D eigenvalue weighted by Gasteiger charge is 2.13. The topological polar surface area (TPSA) is 56.5 Å². The van der Waals surface area contributed by atoms with E-state index in [0.717, 1.165) is 28.6 Å². The maximum Gasteiger partial charge on any atom is 0.142 e. The molecule has 0 aliphatic rings. The number of benzene rings is 1. The van der Waals surface area contributed by atoms with Crippen LogP contribution >= 0.6 is 0 Å². The fraction of sp³-hybridized carbons (Fsp3) is 0.438. The molecule has 0 saturated heterocycles. The van der Waals surface area contributed by atoms with E-state index < -0.39 is 0 Å². The quantitative estimate of drug-likeness (QED) is 0.836. The highest BCUT2D eigenvalue weighted by molar-refractivity contribution is 5.60. The lowest BCUT2D eigenvalue weighted by Crippen LogP contribution is -2.09. The summed E-state index contributed by atoms with van der Waals surface area (Å²) in [5.41, 5.74) is 1.74. The maximum atomic E-state index is 5.65. The van der Waals surface area contributed by atoms with E-state index >= 15 is 0 Å². The number of aromatic nitrogens is 1. The van der Waals surface area contributed by atoms with Crippen LogP contribution in [0.4, 0.5) is 5.69 Å². The maximum absolute atomic E-state index is 5.65. The van der Waals surface area contributed by atoms with E-state index in [2.05, 4.69) is 10.5 Å². The summed E-state index contributed by atoms with van der Waals surface area (Å²) < 4.78 is 16.3. The van der Waals surface area contributed by atoms with Gasteiger partial charge < -0.3 is 19.3 Å². The van der Waals surface area contributed by atoms with E-state index in [1.165, 1.54) is 0 Å². The van der Waals surface area contributed by atoms with Crippen LogP contribution in [0.3, 0.4) is 0 Å². The summed E-state index contributed by atoms with van der Waals surface area (Å²) in [7, 11) is 0. The fourth-order valence-corrected chi connectivity index (χ4v) is 2.06. The van der Waals surface area contributed by atoms with Gasteiger partial charge in [0.15, 0.2) is 0 Å². The molecule has 1 N–H and O–H groups in total. The number of anilines is 1. The second kappa shape index (κ2) is 7.02. The number of nitrogens with one attached hydrogen (secondary N) is 1. The molecular formula is C16H22N2O3. The minimum absolute atomic E-state index is 0.0125. The average molecular weight is 290 g/mol. The van der Waals surface area contributed by atoms with Crippen LogP contribution in [0.15, 0.2) is 28.8 Å². The number of hydrogen-bond donors (Lipinski definition) is 1. The standard InChI is InChI=1S/C16H22N2O3/c1-5-19-13-7-8-16(20-6-2)15(10-13)17-12(4)14-9-11(3)21-18-14/h7-10,12,17H,5-6H2,1-4H3. The number of aryl methyl sites for hydroxylation is 1. The summed E-state index contributed by atoms with van der Waals surface area (Å²) in [6.45, 7) is 9.07. The third kappa shape index (κ3) is 3.90. The number of rotatable bonds is 7. The first-order chi connectivity index (χ1) is 10.1. The van der Waals surface area contributed by atoms with Crippen LogP contribution in [-0.4, -0.2) is 18.4 Å². The second-order valence-electron chi connectivity index (χ2n) is 4.75. The highest BCUT2D eigenvalue weighted by Crippen LogP contribution is 2.32. The highest BCUT2D eigenvalue weighted by atomic mass is 16.5. The average Bonchev–Trinajstić information content (AvgIpc) is 2.89. The van der Waals surface area contributed by atoms with Gasteiger partial charge in [-0.15, -0.1) is 0 Å². The van der Waals surface area contributed by atoms with Gasteiger partial charge in [-0.25, -0.2) is 0 Å². The van der Waals surface area contributed by atoms with E-state index in [9.17, 15) is 0 Å². The minimum atomic E-state index is 0.0125. The fourth-order valence-electron chi connectivity index (χ4n) is 2.06. The predicted molar refractivity (Wildman–Crippen MR) is 82.1 cm³/mol. The van der Waals surface area contributed by atoms with Gasteiger partial charge in [-0.05, 0) is 39.8 Å². The first kappa shape index (κ1) is 15.2. The number of hydrogen-bond acceptors (Lipinski definition) is 5. The van der Waals surface area contributed by atoms with Gasteiger partial charge in [-0.2, -0.15) is 0 Å². The molecule has 0 aliphatic carbocycles. The molecule has 0 amide bonds. The third-order valence-corrected chi connectivity index (χ3v) is 3.02. The first-order valence-corrected chi connectivity index (χ1v) is 7.23. The minimum Gasteiger partial charge on any atom is -0.494 e. The van der Waals surface area contributed by atoms with Gasteiger partial charge in [-0.3, -0.25) is 0 Å². The summed E-state index contributed by atoms with van der Waals surface area (Å²) in [6.07, 6.45) is 0. The smallest absolute Gasteiger partial charge is 0.142 e. The van der Waals surface area contributed by atoms with Crippen molar-refractivity contribution in [3.63, 3.8) is 0 Å². The molecule has 2 aromatic rings. The number of ether oxygens (including phenoxy) is 2. The molecular weight excluding hydrogens is 268 g/mol. The van der Waals surface area contributed by atoms with Gasteiger partial charge in [0.1, 0.15) is 23.0 Å². The Bertz CT molecular complexity index is 581. The van der Waals surface area contributed by atoms with Gasteiger partial charge in [-0.1, -0.05) is 5.16 Å². The van der Waals surface area contributed by atoms with Gasteiger partial charge in [0.25, 0.3) is 0 Å². The Labute approximate surface area is 125 Å². The van der Waals surface area contributed by atoms with Crippen molar-refractivity contribution >= 4 is 5.69 Å². The van der Waals surface area contributed by atoms with Gasteiger partial charge >= 0.3 is 0 Å². The lowest BCUT2D eigenvalue weighted by atomic mass is 10.2. The molecule has 1 unspecified atom stereocenters. The molecule has 5 nitrogen and oxygen atoms in total. The summed E-state index contributed by atoms with van der Waals surface area (Å²) in [5, 5.41) is 7.43. The molecule has 0 radical (unpaired) electrons. The molecule has 0 bridgehead atoms. The molecule has 0 spiro atoms. The van der Waals surface area contributed by atoms with Crippen molar-refractivity contribution in [1.29, 1.82) is 0 Å². The molecule has 1 heterocycles. The zero-order valence-electron chi connectivity index (χ0n) is 13.0. The Morgan fingerprint density at radius 3 is 2.57 bits per heavy atom. The molecule has 0 aliphatic heterocycles. The van der Waals surface area contributed by atoms with Crippen LogP contribution in [0.5, 0.6) is 11.5 Å². The lowest BCUT2D eigenvalue weighted by Gasteiger charge is -2.17. The normalized spacial score (nSPS) is 12.0. The molecule has 1 aromatic heterocycles. The van der Waals surface area contributed by atoms with Crippen LogP contribution in [-0.2, 0) is 0 Å². The SMILES string of the molecule is CCOc1ccc(OCC)c(NC(C)c2cc(C)on2)c1. The first-order valence-electron chi connectivity index (χ1n) is 7.23. The van der Waals surface area contributed by atoms with Crippen LogP contribution in [0.2, 0.25) is 0 Å². The molecule has 1 aromatic carbocycles. The van der Waals surface area contributed by atoms with Gasteiger partial charge in [0.05, 0.1) is 24.9 Å². The second-order valence-corrected chi connectivity index (χ2v) is 4.75. The Kier molecular flexibility index (Phi) is 5.09. The molecule has 5 heteroatoms. The Morgan fingerprint density at radius 2 is 1.95 bits per heavy atom. The van der Waals surface area contributed by atoms with Crippen LogP contribution in [0.1, 0.15) is 38.3 Å². The summed E-state index contributed by atoms with van der Waals surface area (Å²) in [4.78, 5) is 0. The van der Waals surface area contributed by atoms with Crippen molar-refractivity contribution < 1.29 is 14.0 Å². The number of nitrogens with zero attached hydrogens (tertiary/aromatic N) is 1. The molecule has 0 fully saturated rings. The van der Waals surface area contributed by atoms with E-state index in [1.807, 2.05) is 52.0 Å². The van der Waals surface area contributed by atoms with Crippen LogP contribution in [0, 0.1) is 6.92 Å². The molecule has 0 saturated carbocycles. The van der Waals surface area contributed by atoms with E-state index in [1.54, 1.807) is 0 Å². The largest absolute Gasteiger partial charge is 0.494 e. The van der Waals surface area contributed by atoms with Gasteiger partial charge in [0, 0.05) is 12.1 Å². The van der Waals surface area contributed by atoms with Crippen molar-refractivity contribution in [3.8, 4) is 11.5 Å². The van der Waals surface area contributed by atoms with Crippen LogP contribution in [0.25, 0.3) is 0 Å². The third-order valence-electron chi connectivity index (χ3n) is 3.02. The lowest BCUT2D eigenvalue weighted by molar-refractivity contribution is 0.331. The van der Waals surface area contributed by atoms with Gasteiger partial charge in [0.2, 0.25) is 0 Å². The molecule has 21 heavy (non-hydrogen) atoms. The summed E-state index contributed by atoms with van der Waals surface area (Å²) in [6, 6.07) is 7.70. The molecule has 1 atom stereocenters. The predicted octanol–water partition coefficient (Wildman–Crippen LogP) is 3.95. The van der Waals surface area contributed by atoms with E-state index in [0.29, 0.717) is 13.2 Å². The van der Waals surface area contributed by atoms with Crippen LogP contribution < -0.4 is 14.8 Å².